The molecule has 0 unspecified atom stereocenters. The molecule has 0 aliphatic carbocycles. The fourth-order valence-electron chi connectivity index (χ4n) is 3.82. The summed E-state index contributed by atoms with van der Waals surface area (Å²) >= 11 is 0. The molecule has 1 fully saturated rings. The number of nitrogens with one attached hydrogen (secondary N) is 1. The van der Waals surface area contributed by atoms with Crippen molar-refractivity contribution >= 4 is 17.6 Å². The van der Waals surface area contributed by atoms with Gasteiger partial charge in [-0.05, 0) is 50.8 Å². The van der Waals surface area contributed by atoms with E-state index < -0.39 is 5.60 Å². The Labute approximate surface area is 182 Å². The number of amides is 1. The summed E-state index contributed by atoms with van der Waals surface area (Å²) in [5.41, 5.74) is 9.08. The highest BCUT2D eigenvalue weighted by atomic mass is 16.6. The second-order valence-corrected chi connectivity index (χ2v) is 8.89. The Kier molecular flexibility index (Phi) is 5.82. The Bertz CT molecular complexity index is 1050. The molecule has 8 nitrogen and oxygen atoms in total. The van der Waals surface area contributed by atoms with E-state index >= 15 is 0 Å². The third-order valence-corrected chi connectivity index (χ3v) is 5.39. The Morgan fingerprint density at radius 1 is 1.26 bits per heavy atom. The van der Waals surface area contributed by atoms with E-state index in [1.54, 1.807) is 4.52 Å². The minimum Gasteiger partial charge on any atom is -0.444 e. The number of benzene rings is 1. The number of carbonyl (C=O) groups excluding carboxylic acids is 1. The second kappa shape index (κ2) is 8.55. The molecule has 0 bridgehead atoms. The van der Waals surface area contributed by atoms with Crippen LogP contribution in [0.5, 0.6) is 0 Å². The van der Waals surface area contributed by atoms with Crippen molar-refractivity contribution in [3.63, 3.8) is 0 Å². The van der Waals surface area contributed by atoms with Gasteiger partial charge < -0.3 is 20.7 Å². The molecule has 1 atom stereocenters. The number of anilines is 1. The lowest BCUT2D eigenvalue weighted by atomic mass is 10.1. The highest BCUT2D eigenvalue weighted by Crippen LogP contribution is 2.25. The zero-order valence-electron chi connectivity index (χ0n) is 18.3. The summed E-state index contributed by atoms with van der Waals surface area (Å²) in [5, 5.41) is 7.81. The fourth-order valence-corrected chi connectivity index (χ4v) is 3.82. The Hall–Kier alpha value is -3.13. The molecule has 0 saturated carbocycles. The SMILES string of the molecule is CC(C)(C)OC(=O)N1CCC[C@H]1CNc1ccn2ncc(-c3ccc(CN)cc3)c2n1. The minimum atomic E-state index is -0.495. The maximum absolute atomic E-state index is 12.5. The molecule has 1 aliphatic heterocycles. The van der Waals surface area contributed by atoms with Crippen molar-refractivity contribution in [2.24, 2.45) is 5.73 Å². The monoisotopic (exact) mass is 422 g/mol. The van der Waals surface area contributed by atoms with Crippen LogP contribution in [0.1, 0.15) is 39.2 Å². The maximum atomic E-state index is 12.5. The molecule has 0 radical (unpaired) electrons. The zero-order valence-corrected chi connectivity index (χ0v) is 18.3. The maximum Gasteiger partial charge on any atom is 0.410 e. The van der Waals surface area contributed by atoms with Crippen LogP contribution < -0.4 is 11.1 Å². The summed E-state index contributed by atoms with van der Waals surface area (Å²) in [4.78, 5) is 19.1. The molecule has 3 aromatic rings. The van der Waals surface area contributed by atoms with Gasteiger partial charge >= 0.3 is 6.09 Å². The van der Waals surface area contributed by atoms with E-state index in [0.29, 0.717) is 13.1 Å². The molecule has 1 aliphatic rings. The van der Waals surface area contributed by atoms with Gasteiger partial charge in [-0.15, -0.1) is 0 Å². The normalized spacial score (nSPS) is 16.6. The lowest BCUT2D eigenvalue weighted by Crippen LogP contribution is -2.42. The molecule has 164 valence electrons. The number of hydrogen-bond donors (Lipinski definition) is 2. The van der Waals surface area contributed by atoms with Gasteiger partial charge in [0.1, 0.15) is 11.4 Å². The third-order valence-electron chi connectivity index (χ3n) is 5.39. The van der Waals surface area contributed by atoms with E-state index in [9.17, 15) is 4.79 Å². The summed E-state index contributed by atoms with van der Waals surface area (Å²) < 4.78 is 7.32. The largest absolute Gasteiger partial charge is 0.444 e. The fraction of sp³-hybridized carbons (Fsp3) is 0.435. The lowest BCUT2D eigenvalue weighted by molar-refractivity contribution is 0.0235. The molecule has 31 heavy (non-hydrogen) atoms. The molecular weight excluding hydrogens is 392 g/mol. The molecule has 3 heterocycles. The van der Waals surface area contributed by atoms with E-state index in [0.717, 1.165) is 47.5 Å². The van der Waals surface area contributed by atoms with Crippen LogP contribution in [0.3, 0.4) is 0 Å². The van der Waals surface area contributed by atoms with Gasteiger partial charge in [0.15, 0.2) is 5.65 Å². The van der Waals surface area contributed by atoms with Gasteiger partial charge in [0.05, 0.1) is 12.2 Å². The average molecular weight is 423 g/mol. The van der Waals surface area contributed by atoms with Crippen molar-refractivity contribution in [2.75, 3.05) is 18.4 Å². The van der Waals surface area contributed by atoms with Crippen molar-refractivity contribution in [1.29, 1.82) is 0 Å². The molecule has 1 amide bonds. The van der Waals surface area contributed by atoms with Crippen LogP contribution in [0.15, 0.2) is 42.7 Å². The molecule has 2 aromatic heterocycles. The van der Waals surface area contributed by atoms with Crippen LogP contribution in [-0.2, 0) is 11.3 Å². The molecule has 8 heteroatoms. The van der Waals surface area contributed by atoms with Crippen LogP contribution in [0.2, 0.25) is 0 Å². The standard InChI is InChI=1S/C23H30N6O2/c1-23(2,3)31-22(30)28-11-4-5-18(28)14-25-20-10-12-29-21(27-20)19(15-26-29)17-8-6-16(13-24)7-9-17/h6-10,12,15,18H,4-5,11,13-14,24H2,1-3H3,(H,25,27)/t18-/m0/s1. The molecular formula is C23H30N6O2. The topological polar surface area (TPSA) is 97.8 Å². The summed E-state index contributed by atoms with van der Waals surface area (Å²) in [6, 6.07) is 10.1. The number of ether oxygens (including phenoxy) is 1. The van der Waals surface area contributed by atoms with Gasteiger partial charge in [-0.1, -0.05) is 24.3 Å². The molecule has 4 rings (SSSR count). The second-order valence-electron chi connectivity index (χ2n) is 8.89. The summed E-state index contributed by atoms with van der Waals surface area (Å²) in [7, 11) is 0. The molecule has 1 saturated heterocycles. The first-order valence-electron chi connectivity index (χ1n) is 10.7. The highest BCUT2D eigenvalue weighted by Gasteiger charge is 2.32. The number of hydrogen-bond acceptors (Lipinski definition) is 6. The first-order valence-corrected chi connectivity index (χ1v) is 10.7. The van der Waals surface area contributed by atoms with Crippen LogP contribution in [0.25, 0.3) is 16.8 Å². The van der Waals surface area contributed by atoms with Gasteiger partial charge in [-0.2, -0.15) is 5.10 Å². The average Bonchev–Trinajstić information content (AvgIpc) is 3.38. The Morgan fingerprint density at radius 2 is 2.03 bits per heavy atom. The van der Waals surface area contributed by atoms with Crippen LogP contribution in [-0.4, -0.2) is 50.3 Å². The van der Waals surface area contributed by atoms with E-state index in [-0.39, 0.29) is 12.1 Å². The van der Waals surface area contributed by atoms with Gasteiger partial charge in [0.25, 0.3) is 0 Å². The third kappa shape index (κ3) is 4.80. The van der Waals surface area contributed by atoms with E-state index in [1.165, 1.54) is 0 Å². The number of aromatic nitrogens is 3. The number of nitrogens with zero attached hydrogens (tertiary/aromatic N) is 4. The highest BCUT2D eigenvalue weighted by molar-refractivity contribution is 5.77. The first-order chi connectivity index (χ1) is 14.8. The van der Waals surface area contributed by atoms with Crippen LogP contribution >= 0.6 is 0 Å². The molecule has 3 N–H and O–H groups in total. The van der Waals surface area contributed by atoms with Gasteiger partial charge in [0.2, 0.25) is 0 Å². The van der Waals surface area contributed by atoms with Crippen molar-refractivity contribution in [1.82, 2.24) is 19.5 Å². The number of fused-ring (bicyclic) bond motifs is 1. The van der Waals surface area contributed by atoms with E-state index in [2.05, 4.69) is 10.4 Å². The molecule has 0 spiro atoms. The Morgan fingerprint density at radius 3 is 2.74 bits per heavy atom. The van der Waals surface area contributed by atoms with Crippen LogP contribution in [0.4, 0.5) is 10.6 Å². The van der Waals surface area contributed by atoms with Crippen LogP contribution in [0, 0.1) is 0 Å². The summed E-state index contributed by atoms with van der Waals surface area (Å²) in [5.74, 6) is 0.754. The lowest BCUT2D eigenvalue weighted by Gasteiger charge is -2.28. The van der Waals surface area contributed by atoms with Crippen molar-refractivity contribution in [2.45, 2.75) is 51.8 Å². The van der Waals surface area contributed by atoms with Crippen molar-refractivity contribution < 1.29 is 9.53 Å². The Balaban J connectivity index is 1.48. The predicted molar refractivity (Wildman–Crippen MR) is 121 cm³/mol. The minimum absolute atomic E-state index is 0.0843. The smallest absolute Gasteiger partial charge is 0.410 e. The van der Waals surface area contributed by atoms with E-state index in [4.69, 9.17) is 15.5 Å². The number of carbonyl (C=O) groups is 1. The van der Waals surface area contributed by atoms with Crippen molar-refractivity contribution in [3.8, 4) is 11.1 Å². The van der Waals surface area contributed by atoms with Gasteiger partial charge in [-0.3, -0.25) is 0 Å². The first kappa shape index (κ1) is 21.1. The quantitative estimate of drug-likeness (QED) is 0.651. The molecule has 1 aromatic carbocycles. The van der Waals surface area contributed by atoms with E-state index in [1.807, 2.05) is 68.4 Å². The number of likely N-dealkylation sites (tertiary alicyclic amines) is 1. The van der Waals surface area contributed by atoms with Gasteiger partial charge in [0, 0.05) is 31.4 Å². The van der Waals surface area contributed by atoms with Crippen molar-refractivity contribution in [3.05, 3.63) is 48.3 Å². The predicted octanol–water partition coefficient (Wildman–Crippen LogP) is 3.67. The zero-order chi connectivity index (χ0) is 22.0. The summed E-state index contributed by atoms with van der Waals surface area (Å²) in [6.07, 6.45) is 5.39. The number of nitrogens with two attached hydrogens (primary N) is 1. The number of rotatable bonds is 5. The van der Waals surface area contributed by atoms with Gasteiger partial charge in [-0.25, -0.2) is 14.3 Å². The summed E-state index contributed by atoms with van der Waals surface area (Å²) in [6.45, 7) is 7.53.